The Hall–Kier alpha value is -1.89. The molecule has 2 aromatic rings. The van der Waals surface area contributed by atoms with Crippen molar-refractivity contribution in [2.75, 3.05) is 0 Å². The van der Waals surface area contributed by atoms with Gasteiger partial charge in [0.05, 0.1) is 6.42 Å². The van der Waals surface area contributed by atoms with Gasteiger partial charge in [0.15, 0.2) is 11.9 Å². The van der Waals surface area contributed by atoms with Crippen molar-refractivity contribution in [3.8, 4) is 0 Å². The Labute approximate surface area is 106 Å². The minimum atomic E-state index is -4.69. The largest absolute Gasteiger partial charge is 0.414 e. The lowest BCUT2D eigenvalue weighted by atomic mass is 10.1. The number of benzene rings is 1. The lowest BCUT2D eigenvalue weighted by Gasteiger charge is -2.11. The van der Waals surface area contributed by atoms with E-state index in [0.717, 1.165) is 5.56 Å². The van der Waals surface area contributed by atoms with E-state index in [4.69, 9.17) is 5.11 Å². The summed E-state index contributed by atoms with van der Waals surface area (Å²) in [6.45, 7) is 0. The molecule has 0 aliphatic rings. The molecule has 4 nitrogen and oxygen atoms in total. The molecule has 0 aliphatic heterocycles. The number of aliphatic hydroxyl groups excluding tert-OH is 1. The molecule has 0 saturated carbocycles. The van der Waals surface area contributed by atoms with Crippen LogP contribution in [0.1, 0.15) is 17.3 Å². The summed E-state index contributed by atoms with van der Waals surface area (Å²) in [6, 6.07) is 9.22. The highest BCUT2D eigenvalue weighted by Crippen LogP contribution is 2.22. The molecule has 0 spiro atoms. The van der Waals surface area contributed by atoms with Crippen molar-refractivity contribution in [1.29, 1.82) is 0 Å². The molecule has 1 aromatic heterocycles. The zero-order chi connectivity index (χ0) is 13.9. The molecule has 0 bridgehead atoms. The molecule has 19 heavy (non-hydrogen) atoms. The van der Waals surface area contributed by atoms with Crippen LogP contribution in [0.15, 0.2) is 34.9 Å². The predicted molar refractivity (Wildman–Crippen MR) is 59.3 cm³/mol. The average molecular weight is 272 g/mol. The first kappa shape index (κ1) is 13.5. The molecule has 1 aromatic carbocycles. The fourth-order valence-corrected chi connectivity index (χ4v) is 1.50. The van der Waals surface area contributed by atoms with Gasteiger partial charge in [-0.05, 0) is 5.56 Å². The Bertz CT molecular complexity index is 525. The Balaban J connectivity index is 2.00. The molecule has 1 N–H and O–H groups in total. The van der Waals surface area contributed by atoms with E-state index in [9.17, 15) is 13.2 Å². The van der Waals surface area contributed by atoms with Crippen LogP contribution < -0.4 is 0 Å². The van der Waals surface area contributed by atoms with Crippen LogP contribution in [0.4, 0.5) is 13.2 Å². The van der Waals surface area contributed by atoms with Gasteiger partial charge in [0.25, 0.3) is 0 Å². The van der Waals surface area contributed by atoms with Gasteiger partial charge in [0.1, 0.15) is 0 Å². The van der Waals surface area contributed by atoms with Gasteiger partial charge < -0.3 is 9.63 Å². The van der Waals surface area contributed by atoms with E-state index in [1.165, 1.54) is 0 Å². The van der Waals surface area contributed by atoms with Crippen LogP contribution >= 0.6 is 0 Å². The maximum atomic E-state index is 12.1. The van der Waals surface area contributed by atoms with Gasteiger partial charge in [-0.3, -0.25) is 0 Å². The molecule has 2 rings (SSSR count). The Morgan fingerprint density at radius 2 is 1.89 bits per heavy atom. The molecule has 1 heterocycles. The van der Waals surface area contributed by atoms with Crippen LogP contribution in [0, 0.1) is 0 Å². The average Bonchev–Trinajstić information content (AvgIpc) is 2.76. The summed E-state index contributed by atoms with van der Waals surface area (Å²) in [5.41, 5.74) is 0.922. The van der Waals surface area contributed by atoms with Crippen LogP contribution in [0.2, 0.25) is 0 Å². The first-order valence-electron chi connectivity index (χ1n) is 5.55. The normalized spacial score (nSPS) is 13.5. The molecule has 1 unspecified atom stereocenters. The van der Waals surface area contributed by atoms with Crippen molar-refractivity contribution in [2.45, 2.75) is 25.1 Å². The second kappa shape index (κ2) is 5.40. The van der Waals surface area contributed by atoms with E-state index in [-0.39, 0.29) is 11.7 Å². The molecule has 0 aliphatic carbocycles. The highest BCUT2D eigenvalue weighted by atomic mass is 19.4. The van der Waals surface area contributed by atoms with Gasteiger partial charge in [-0.2, -0.15) is 18.2 Å². The number of nitrogens with zero attached hydrogens (tertiary/aromatic N) is 2. The lowest BCUT2D eigenvalue weighted by molar-refractivity contribution is -0.204. The van der Waals surface area contributed by atoms with E-state index >= 15 is 0 Å². The van der Waals surface area contributed by atoms with Gasteiger partial charge in [-0.1, -0.05) is 35.5 Å². The lowest BCUT2D eigenvalue weighted by Crippen LogP contribution is -2.30. The SMILES string of the molecule is OC(Cc1nc(Cc2ccccc2)no1)C(F)(F)F. The van der Waals surface area contributed by atoms with Crippen molar-refractivity contribution < 1.29 is 22.8 Å². The number of hydrogen-bond donors (Lipinski definition) is 1. The highest BCUT2D eigenvalue weighted by molar-refractivity contribution is 5.18. The smallest absolute Gasteiger partial charge is 0.383 e. The van der Waals surface area contributed by atoms with Crippen molar-refractivity contribution >= 4 is 0 Å². The fraction of sp³-hybridized carbons (Fsp3) is 0.333. The van der Waals surface area contributed by atoms with Gasteiger partial charge in [0, 0.05) is 6.42 Å². The van der Waals surface area contributed by atoms with Gasteiger partial charge in [0.2, 0.25) is 5.89 Å². The molecule has 0 saturated heterocycles. The number of halogens is 3. The van der Waals surface area contributed by atoms with E-state index in [0.29, 0.717) is 6.42 Å². The number of alkyl halides is 3. The summed E-state index contributed by atoms with van der Waals surface area (Å²) in [5, 5.41) is 12.5. The summed E-state index contributed by atoms with van der Waals surface area (Å²) in [4.78, 5) is 3.82. The summed E-state index contributed by atoms with van der Waals surface area (Å²) >= 11 is 0. The zero-order valence-electron chi connectivity index (χ0n) is 9.76. The summed E-state index contributed by atoms with van der Waals surface area (Å²) in [6.07, 6.45) is -7.54. The molecule has 0 amide bonds. The van der Waals surface area contributed by atoms with Crippen molar-refractivity contribution in [2.24, 2.45) is 0 Å². The monoisotopic (exact) mass is 272 g/mol. The number of aliphatic hydroxyl groups is 1. The summed E-state index contributed by atoms with van der Waals surface area (Å²) in [7, 11) is 0. The molecule has 7 heteroatoms. The second-order valence-electron chi connectivity index (χ2n) is 4.03. The van der Waals surface area contributed by atoms with Crippen LogP contribution in [-0.4, -0.2) is 27.5 Å². The predicted octanol–water partition coefficient (Wildman–Crippen LogP) is 2.13. The third-order valence-corrected chi connectivity index (χ3v) is 2.46. The highest BCUT2D eigenvalue weighted by Gasteiger charge is 2.39. The number of rotatable bonds is 4. The van der Waals surface area contributed by atoms with Crippen molar-refractivity contribution in [3.05, 3.63) is 47.6 Å². The van der Waals surface area contributed by atoms with Gasteiger partial charge >= 0.3 is 6.18 Å². The van der Waals surface area contributed by atoms with Crippen LogP contribution in [0.25, 0.3) is 0 Å². The van der Waals surface area contributed by atoms with Crippen LogP contribution in [-0.2, 0) is 12.8 Å². The Kier molecular flexibility index (Phi) is 3.84. The second-order valence-corrected chi connectivity index (χ2v) is 4.03. The molecular weight excluding hydrogens is 261 g/mol. The third-order valence-electron chi connectivity index (χ3n) is 2.46. The Morgan fingerprint density at radius 3 is 2.53 bits per heavy atom. The minimum absolute atomic E-state index is 0.226. The van der Waals surface area contributed by atoms with Crippen molar-refractivity contribution in [1.82, 2.24) is 10.1 Å². The minimum Gasteiger partial charge on any atom is -0.383 e. The first-order valence-corrected chi connectivity index (χ1v) is 5.55. The molecule has 0 radical (unpaired) electrons. The number of hydrogen-bond acceptors (Lipinski definition) is 4. The number of aromatic nitrogens is 2. The summed E-state index contributed by atoms with van der Waals surface area (Å²) < 4.78 is 41.1. The zero-order valence-corrected chi connectivity index (χ0v) is 9.76. The maximum absolute atomic E-state index is 12.1. The molecule has 0 fully saturated rings. The molecule has 1 atom stereocenters. The van der Waals surface area contributed by atoms with E-state index in [1.807, 2.05) is 30.3 Å². The maximum Gasteiger partial charge on any atom is 0.414 e. The van der Waals surface area contributed by atoms with E-state index in [2.05, 4.69) is 14.7 Å². The standard InChI is InChI=1S/C12H11F3N2O2/c13-12(14,15)9(18)7-11-16-10(17-19-11)6-8-4-2-1-3-5-8/h1-5,9,18H,6-7H2. The van der Waals surface area contributed by atoms with E-state index in [1.54, 1.807) is 0 Å². The quantitative estimate of drug-likeness (QED) is 0.926. The first-order chi connectivity index (χ1) is 8.95. The molecule has 102 valence electrons. The fourth-order valence-electron chi connectivity index (χ4n) is 1.50. The third kappa shape index (κ3) is 3.78. The summed E-state index contributed by atoms with van der Waals surface area (Å²) in [5.74, 6) is 0.0614. The van der Waals surface area contributed by atoms with Gasteiger partial charge in [-0.15, -0.1) is 0 Å². The van der Waals surface area contributed by atoms with Crippen LogP contribution in [0.3, 0.4) is 0 Å². The van der Waals surface area contributed by atoms with Crippen LogP contribution in [0.5, 0.6) is 0 Å². The van der Waals surface area contributed by atoms with E-state index < -0.39 is 18.7 Å². The Morgan fingerprint density at radius 1 is 1.21 bits per heavy atom. The topological polar surface area (TPSA) is 59.2 Å². The van der Waals surface area contributed by atoms with Gasteiger partial charge in [-0.25, -0.2) is 0 Å². The van der Waals surface area contributed by atoms with Crippen molar-refractivity contribution in [3.63, 3.8) is 0 Å². The molecular formula is C12H11F3N2O2.